The minimum Gasteiger partial charge on any atom is -0.409 e. The Hall–Kier alpha value is -1.25. The number of nitrogens with one attached hydrogen (secondary N) is 1. The fourth-order valence-corrected chi connectivity index (χ4v) is 1.71. The number of anilines is 1. The zero-order chi connectivity index (χ0) is 15.0. The minimum absolute atomic E-state index is 0.0196. The summed E-state index contributed by atoms with van der Waals surface area (Å²) in [6, 6.07) is 3.14. The van der Waals surface area contributed by atoms with E-state index in [1.807, 2.05) is 0 Å². The zero-order valence-electron chi connectivity index (χ0n) is 9.88. The summed E-state index contributed by atoms with van der Waals surface area (Å²) in [6.45, 7) is 0.0196. The number of hydrogen-bond acceptors (Lipinski definition) is 4. The predicted molar refractivity (Wildman–Crippen MR) is 62.2 cm³/mol. The van der Waals surface area contributed by atoms with Crippen molar-refractivity contribution in [1.82, 2.24) is 0 Å². The molecule has 1 aliphatic rings. The molecule has 0 spiro atoms. The van der Waals surface area contributed by atoms with Crippen LogP contribution in [-0.2, 0) is 10.8 Å². The van der Waals surface area contributed by atoms with Crippen molar-refractivity contribution >= 4 is 17.3 Å². The molecule has 0 aliphatic carbocycles. The molecule has 0 amide bonds. The van der Waals surface area contributed by atoms with Crippen LogP contribution in [0, 0.1) is 0 Å². The zero-order valence-corrected chi connectivity index (χ0v) is 10.6. The second kappa shape index (κ2) is 5.27. The van der Waals surface area contributed by atoms with E-state index >= 15 is 0 Å². The van der Waals surface area contributed by atoms with Crippen molar-refractivity contribution in [2.24, 2.45) is 0 Å². The summed E-state index contributed by atoms with van der Waals surface area (Å²) in [5, 5.41) is 11.9. The summed E-state index contributed by atoms with van der Waals surface area (Å²) in [4.78, 5) is 0. The van der Waals surface area contributed by atoms with Crippen LogP contribution in [-0.4, -0.2) is 29.9 Å². The molecule has 0 aromatic heterocycles. The topological polar surface area (TPSA) is 50.7 Å². The van der Waals surface area contributed by atoms with Crippen molar-refractivity contribution in [2.45, 2.75) is 18.5 Å². The van der Waals surface area contributed by atoms with Gasteiger partial charge >= 0.3 is 12.4 Å². The molecule has 4 nitrogen and oxygen atoms in total. The molecule has 1 unspecified atom stereocenters. The van der Waals surface area contributed by atoms with Gasteiger partial charge in [0.25, 0.3) is 0 Å². The molecule has 1 aromatic carbocycles. The van der Waals surface area contributed by atoms with Gasteiger partial charge in [0.2, 0.25) is 0 Å². The summed E-state index contributed by atoms with van der Waals surface area (Å²) in [5.41, 5.74) is -0.640. The van der Waals surface area contributed by atoms with Gasteiger partial charge in [0.15, 0.2) is 0 Å². The molecular weight excluding hydrogens is 306 g/mol. The van der Waals surface area contributed by atoms with E-state index in [1.165, 1.54) is 6.07 Å². The van der Waals surface area contributed by atoms with Gasteiger partial charge in [-0.3, -0.25) is 0 Å². The highest BCUT2D eigenvalue weighted by molar-refractivity contribution is 6.18. The first-order valence-electron chi connectivity index (χ1n) is 5.51. The molecule has 1 heterocycles. The Labute approximate surface area is 116 Å². The van der Waals surface area contributed by atoms with Gasteiger partial charge in [-0.1, -0.05) is 0 Å². The minimum atomic E-state index is -4.39. The Kier molecular flexibility index (Phi) is 3.99. The monoisotopic (exact) mass is 315 g/mol. The Morgan fingerprint density at radius 3 is 2.65 bits per heavy atom. The molecule has 112 valence electrons. The van der Waals surface area contributed by atoms with Gasteiger partial charge in [-0.05, 0) is 18.2 Å². The van der Waals surface area contributed by atoms with Crippen molar-refractivity contribution in [3.05, 3.63) is 23.8 Å². The standard InChI is InChI=1S/C11H10ClF4NO3/c12-4-7(18)5-17-6-1-2-9-8(3-6)10(13,14)20-11(15,16)19-9/h1-3,7,17-18H,4-5H2. The quantitative estimate of drug-likeness (QED) is 0.662. The van der Waals surface area contributed by atoms with Gasteiger partial charge in [-0.2, -0.15) is 8.78 Å². The highest BCUT2D eigenvalue weighted by Gasteiger charge is 2.54. The molecule has 2 rings (SSSR count). The summed E-state index contributed by atoms with van der Waals surface area (Å²) in [5.74, 6) is -0.707. The third-order valence-electron chi connectivity index (χ3n) is 2.49. The fraction of sp³-hybridized carbons (Fsp3) is 0.455. The number of fused-ring (bicyclic) bond motifs is 1. The highest BCUT2D eigenvalue weighted by atomic mass is 35.5. The van der Waals surface area contributed by atoms with E-state index < -0.39 is 29.8 Å². The summed E-state index contributed by atoms with van der Waals surface area (Å²) in [7, 11) is 0. The van der Waals surface area contributed by atoms with Gasteiger partial charge in [0, 0.05) is 12.2 Å². The lowest BCUT2D eigenvalue weighted by atomic mass is 10.1. The molecule has 0 fully saturated rings. The molecule has 1 aliphatic heterocycles. The molecule has 1 atom stereocenters. The lowest BCUT2D eigenvalue weighted by Gasteiger charge is -2.30. The van der Waals surface area contributed by atoms with E-state index in [0.717, 1.165) is 12.1 Å². The summed E-state index contributed by atoms with van der Waals surface area (Å²) >= 11 is 5.38. The number of hydrogen-bond donors (Lipinski definition) is 2. The Balaban J connectivity index is 2.23. The third kappa shape index (κ3) is 3.25. The van der Waals surface area contributed by atoms with Gasteiger partial charge in [-0.15, -0.1) is 20.4 Å². The maximum absolute atomic E-state index is 13.5. The van der Waals surface area contributed by atoms with E-state index in [4.69, 9.17) is 11.6 Å². The fourth-order valence-electron chi connectivity index (χ4n) is 1.60. The molecule has 20 heavy (non-hydrogen) atoms. The normalized spacial score (nSPS) is 20.7. The van der Waals surface area contributed by atoms with Crippen LogP contribution in [0.5, 0.6) is 5.75 Å². The van der Waals surface area contributed by atoms with Gasteiger partial charge in [0.05, 0.1) is 17.5 Å². The van der Waals surface area contributed by atoms with E-state index in [2.05, 4.69) is 14.8 Å². The molecule has 2 N–H and O–H groups in total. The molecule has 0 saturated carbocycles. The largest absolute Gasteiger partial charge is 0.540 e. The van der Waals surface area contributed by atoms with Crippen LogP contribution in [0.15, 0.2) is 18.2 Å². The highest BCUT2D eigenvalue weighted by Crippen LogP contribution is 2.46. The second-order valence-electron chi connectivity index (χ2n) is 4.08. The first-order chi connectivity index (χ1) is 9.23. The number of aliphatic hydroxyl groups is 1. The lowest BCUT2D eigenvalue weighted by Crippen LogP contribution is -2.41. The van der Waals surface area contributed by atoms with Crippen molar-refractivity contribution in [3.8, 4) is 5.75 Å². The van der Waals surface area contributed by atoms with Crippen LogP contribution in [0.2, 0.25) is 0 Å². The molecular formula is C11H10ClF4NO3. The Morgan fingerprint density at radius 1 is 1.30 bits per heavy atom. The first kappa shape index (κ1) is 15.1. The Bertz CT molecular complexity index is 501. The number of alkyl halides is 5. The average Bonchev–Trinajstić information content (AvgIpc) is 2.34. The smallest absolute Gasteiger partial charge is 0.409 e. The molecule has 0 radical (unpaired) electrons. The van der Waals surface area contributed by atoms with E-state index in [9.17, 15) is 22.7 Å². The Morgan fingerprint density at radius 2 is 2.00 bits per heavy atom. The third-order valence-corrected chi connectivity index (χ3v) is 2.85. The number of halogens is 5. The molecule has 0 saturated heterocycles. The van der Waals surface area contributed by atoms with E-state index in [-0.39, 0.29) is 18.1 Å². The van der Waals surface area contributed by atoms with Crippen LogP contribution in [0.1, 0.15) is 5.56 Å². The first-order valence-corrected chi connectivity index (χ1v) is 6.04. The van der Waals surface area contributed by atoms with Gasteiger partial charge < -0.3 is 15.2 Å². The van der Waals surface area contributed by atoms with Crippen molar-refractivity contribution in [1.29, 1.82) is 0 Å². The van der Waals surface area contributed by atoms with Crippen LogP contribution >= 0.6 is 11.6 Å². The van der Waals surface area contributed by atoms with Crippen molar-refractivity contribution in [2.75, 3.05) is 17.7 Å². The maximum atomic E-state index is 13.5. The van der Waals surface area contributed by atoms with Crippen LogP contribution < -0.4 is 10.1 Å². The van der Waals surface area contributed by atoms with Crippen LogP contribution in [0.3, 0.4) is 0 Å². The van der Waals surface area contributed by atoms with E-state index in [0.29, 0.717) is 0 Å². The lowest BCUT2D eigenvalue weighted by molar-refractivity contribution is -0.461. The second-order valence-corrected chi connectivity index (χ2v) is 4.39. The predicted octanol–water partition coefficient (Wildman–Crippen LogP) is 2.71. The summed E-state index contributed by atoms with van der Waals surface area (Å²) < 4.78 is 59.8. The molecule has 9 heteroatoms. The van der Waals surface area contributed by atoms with Gasteiger partial charge in [0.1, 0.15) is 5.75 Å². The van der Waals surface area contributed by atoms with Gasteiger partial charge in [-0.25, -0.2) is 4.74 Å². The number of rotatable bonds is 4. The molecule has 1 aromatic rings. The summed E-state index contributed by atoms with van der Waals surface area (Å²) in [6.07, 6.45) is -9.44. The van der Waals surface area contributed by atoms with Crippen LogP contribution in [0.4, 0.5) is 23.2 Å². The van der Waals surface area contributed by atoms with E-state index in [1.54, 1.807) is 0 Å². The molecule has 0 bridgehead atoms. The average molecular weight is 316 g/mol. The number of ether oxygens (including phenoxy) is 2. The maximum Gasteiger partial charge on any atom is 0.540 e. The van der Waals surface area contributed by atoms with Crippen molar-refractivity contribution < 1.29 is 32.1 Å². The van der Waals surface area contributed by atoms with Crippen LogP contribution in [0.25, 0.3) is 0 Å². The van der Waals surface area contributed by atoms with Crippen molar-refractivity contribution in [3.63, 3.8) is 0 Å². The number of benzene rings is 1. The SMILES string of the molecule is OC(CCl)CNc1ccc2c(c1)C(F)(F)OC(F)(F)O2. The number of aliphatic hydroxyl groups excluding tert-OH is 1.